The number of halogens is 1. The minimum Gasteiger partial charge on any atom is -0.352 e. The van der Waals surface area contributed by atoms with Crippen LogP contribution in [0, 0.1) is 0 Å². The molecule has 1 aromatic heterocycles. The first-order valence-electron chi connectivity index (χ1n) is 5.32. The van der Waals surface area contributed by atoms with Crippen molar-refractivity contribution in [2.24, 2.45) is 0 Å². The summed E-state index contributed by atoms with van der Waals surface area (Å²) in [4.78, 5) is 13.3. The van der Waals surface area contributed by atoms with E-state index in [2.05, 4.69) is 21.2 Å². The summed E-state index contributed by atoms with van der Waals surface area (Å²) in [6.45, 7) is 2.64. The fourth-order valence-corrected chi connectivity index (χ4v) is 4.12. The molecule has 1 aliphatic rings. The van der Waals surface area contributed by atoms with E-state index in [4.69, 9.17) is 0 Å². The maximum atomic E-state index is 11.9. The lowest BCUT2D eigenvalue weighted by molar-refractivity contribution is 0.0954. The molecule has 0 fully saturated rings. The van der Waals surface area contributed by atoms with E-state index in [9.17, 15) is 4.79 Å². The molecule has 2 nitrogen and oxygen atoms in total. The molecule has 0 bridgehead atoms. The summed E-state index contributed by atoms with van der Waals surface area (Å²) in [5, 5.41) is 2.88. The van der Waals surface area contributed by atoms with E-state index in [1.807, 2.05) is 6.92 Å². The number of hydrogen-bond donors (Lipinski definition) is 1. The van der Waals surface area contributed by atoms with Gasteiger partial charge >= 0.3 is 0 Å². The lowest BCUT2D eigenvalue weighted by atomic mass is 9.96. The highest BCUT2D eigenvalue weighted by Crippen LogP contribution is 2.37. The van der Waals surface area contributed by atoms with Crippen molar-refractivity contribution in [2.45, 2.75) is 32.6 Å². The molecule has 2 rings (SSSR count). The summed E-state index contributed by atoms with van der Waals surface area (Å²) >= 11 is 5.23. The first-order chi connectivity index (χ1) is 7.24. The topological polar surface area (TPSA) is 29.1 Å². The molecule has 1 N–H and O–H groups in total. The largest absolute Gasteiger partial charge is 0.352 e. The number of thiophene rings is 1. The zero-order chi connectivity index (χ0) is 10.8. The van der Waals surface area contributed by atoms with Gasteiger partial charge in [-0.1, -0.05) is 0 Å². The number of amides is 1. The van der Waals surface area contributed by atoms with Gasteiger partial charge in [-0.05, 0) is 54.1 Å². The van der Waals surface area contributed by atoms with Crippen molar-refractivity contribution < 1.29 is 4.79 Å². The number of carbonyl (C=O) groups is 1. The van der Waals surface area contributed by atoms with E-state index in [-0.39, 0.29) is 5.91 Å². The van der Waals surface area contributed by atoms with Gasteiger partial charge in [0.05, 0.1) is 9.35 Å². The van der Waals surface area contributed by atoms with Crippen LogP contribution in [-0.4, -0.2) is 12.5 Å². The number of nitrogens with one attached hydrogen (secondary N) is 1. The highest BCUT2D eigenvalue weighted by Gasteiger charge is 2.23. The number of fused-ring (bicyclic) bond motifs is 1. The third-order valence-corrected chi connectivity index (χ3v) is 4.66. The Labute approximate surface area is 102 Å². The molecule has 1 heterocycles. The van der Waals surface area contributed by atoms with Gasteiger partial charge in [-0.2, -0.15) is 0 Å². The first kappa shape index (κ1) is 11.1. The zero-order valence-corrected chi connectivity index (χ0v) is 11.1. The molecule has 1 amide bonds. The number of aryl methyl sites for hydroxylation is 1. The SMILES string of the molecule is CCNC(=O)c1c(Br)sc2c1CCCC2. The molecule has 0 aliphatic heterocycles. The van der Waals surface area contributed by atoms with E-state index in [0.717, 1.165) is 22.2 Å². The van der Waals surface area contributed by atoms with Crippen molar-refractivity contribution in [1.82, 2.24) is 5.32 Å². The predicted molar refractivity (Wildman–Crippen MR) is 66.7 cm³/mol. The summed E-state index contributed by atoms with van der Waals surface area (Å²) in [6.07, 6.45) is 4.67. The quantitative estimate of drug-likeness (QED) is 0.890. The van der Waals surface area contributed by atoms with Gasteiger partial charge in [0.25, 0.3) is 5.91 Å². The smallest absolute Gasteiger partial charge is 0.253 e. The van der Waals surface area contributed by atoms with Crippen molar-refractivity contribution in [3.8, 4) is 0 Å². The monoisotopic (exact) mass is 287 g/mol. The van der Waals surface area contributed by atoms with Crippen LogP contribution >= 0.6 is 27.3 Å². The molecule has 1 aliphatic carbocycles. The minimum absolute atomic E-state index is 0.0729. The van der Waals surface area contributed by atoms with Crippen molar-refractivity contribution in [1.29, 1.82) is 0 Å². The molecule has 0 radical (unpaired) electrons. The average molecular weight is 288 g/mol. The van der Waals surface area contributed by atoms with Gasteiger partial charge in [0, 0.05) is 11.4 Å². The van der Waals surface area contributed by atoms with Crippen LogP contribution in [0.4, 0.5) is 0 Å². The Morgan fingerprint density at radius 1 is 1.47 bits per heavy atom. The second-order valence-electron chi connectivity index (χ2n) is 3.72. The highest BCUT2D eigenvalue weighted by molar-refractivity contribution is 9.11. The van der Waals surface area contributed by atoms with E-state index in [0.29, 0.717) is 6.54 Å². The second kappa shape index (κ2) is 4.66. The lowest BCUT2D eigenvalue weighted by Crippen LogP contribution is -2.24. The molecule has 0 saturated carbocycles. The van der Waals surface area contributed by atoms with Gasteiger partial charge in [0.2, 0.25) is 0 Å². The summed E-state index contributed by atoms with van der Waals surface area (Å²) in [5.41, 5.74) is 2.17. The molecular weight excluding hydrogens is 274 g/mol. The highest BCUT2D eigenvalue weighted by atomic mass is 79.9. The van der Waals surface area contributed by atoms with Gasteiger partial charge in [0.1, 0.15) is 0 Å². The van der Waals surface area contributed by atoms with Crippen LogP contribution in [0.25, 0.3) is 0 Å². The molecule has 0 saturated heterocycles. The van der Waals surface area contributed by atoms with Crippen LogP contribution in [-0.2, 0) is 12.8 Å². The first-order valence-corrected chi connectivity index (χ1v) is 6.93. The molecule has 1 aromatic rings. The summed E-state index contributed by atoms with van der Waals surface area (Å²) in [6, 6.07) is 0. The standard InChI is InChI=1S/C11H14BrNOS/c1-2-13-11(14)9-7-5-3-4-6-8(7)15-10(9)12/h2-6H2,1H3,(H,13,14). The predicted octanol–water partition coefficient (Wildman–Crippen LogP) is 3.14. The molecule has 0 unspecified atom stereocenters. The number of rotatable bonds is 2. The van der Waals surface area contributed by atoms with E-state index < -0.39 is 0 Å². The normalized spacial score (nSPS) is 14.8. The summed E-state index contributed by atoms with van der Waals surface area (Å²) in [5.74, 6) is 0.0729. The molecule has 82 valence electrons. The Morgan fingerprint density at radius 3 is 2.93 bits per heavy atom. The van der Waals surface area contributed by atoms with E-state index in [1.165, 1.54) is 23.3 Å². The van der Waals surface area contributed by atoms with Crippen molar-refractivity contribution in [3.63, 3.8) is 0 Å². The van der Waals surface area contributed by atoms with Crippen LogP contribution in [0.5, 0.6) is 0 Å². The van der Waals surface area contributed by atoms with Gasteiger partial charge in [-0.3, -0.25) is 4.79 Å². The molecule has 4 heteroatoms. The molecule has 0 aromatic carbocycles. The maximum Gasteiger partial charge on any atom is 0.253 e. The maximum absolute atomic E-state index is 11.9. The van der Waals surface area contributed by atoms with Crippen molar-refractivity contribution >= 4 is 33.2 Å². The molecule has 15 heavy (non-hydrogen) atoms. The van der Waals surface area contributed by atoms with Gasteiger partial charge in [-0.15, -0.1) is 11.3 Å². The van der Waals surface area contributed by atoms with Crippen molar-refractivity contribution in [2.75, 3.05) is 6.54 Å². The van der Waals surface area contributed by atoms with E-state index in [1.54, 1.807) is 11.3 Å². The van der Waals surface area contributed by atoms with Gasteiger partial charge < -0.3 is 5.32 Å². The van der Waals surface area contributed by atoms with Crippen LogP contribution in [0.1, 0.15) is 40.6 Å². The average Bonchev–Trinajstić information content (AvgIpc) is 2.54. The van der Waals surface area contributed by atoms with Crippen LogP contribution < -0.4 is 5.32 Å². The van der Waals surface area contributed by atoms with E-state index >= 15 is 0 Å². The van der Waals surface area contributed by atoms with Gasteiger partial charge in [0.15, 0.2) is 0 Å². The van der Waals surface area contributed by atoms with Gasteiger partial charge in [-0.25, -0.2) is 0 Å². The summed E-state index contributed by atoms with van der Waals surface area (Å²) in [7, 11) is 0. The Balaban J connectivity index is 2.37. The molecular formula is C11H14BrNOS. The summed E-state index contributed by atoms with van der Waals surface area (Å²) < 4.78 is 1.00. The Morgan fingerprint density at radius 2 is 2.20 bits per heavy atom. The third-order valence-electron chi connectivity index (χ3n) is 2.69. The third kappa shape index (κ3) is 2.11. The Kier molecular flexibility index (Phi) is 3.46. The fraction of sp³-hybridized carbons (Fsp3) is 0.545. The van der Waals surface area contributed by atoms with Crippen LogP contribution in [0.15, 0.2) is 3.79 Å². The molecule has 0 atom stereocenters. The lowest BCUT2D eigenvalue weighted by Gasteiger charge is -2.12. The number of carbonyl (C=O) groups excluding carboxylic acids is 1. The zero-order valence-electron chi connectivity index (χ0n) is 8.73. The Hall–Kier alpha value is -0.350. The fourth-order valence-electron chi connectivity index (χ4n) is 2.01. The molecule has 0 spiro atoms. The Bertz CT molecular complexity index is 386. The van der Waals surface area contributed by atoms with Crippen molar-refractivity contribution in [3.05, 3.63) is 19.8 Å². The number of hydrogen-bond acceptors (Lipinski definition) is 2. The van der Waals surface area contributed by atoms with Crippen LogP contribution in [0.3, 0.4) is 0 Å². The van der Waals surface area contributed by atoms with Crippen LogP contribution in [0.2, 0.25) is 0 Å². The minimum atomic E-state index is 0.0729. The second-order valence-corrected chi connectivity index (χ2v) is 6.14.